The Morgan fingerprint density at radius 3 is 2.96 bits per heavy atom. The number of fused-ring (bicyclic) bond motifs is 3. The van der Waals surface area contributed by atoms with E-state index in [0.717, 1.165) is 16.7 Å². The number of Topliss-reactive ketones (excluding diaryl/α,β-unsaturated/α-hetero) is 1. The van der Waals surface area contributed by atoms with Gasteiger partial charge in [-0.3, -0.25) is 14.6 Å². The molecule has 120 valence electrons. The number of anilines is 1. The van der Waals surface area contributed by atoms with E-state index in [0.29, 0.717) is 24.5 Å². The van der Waals surface area contributed by atoms with E-state index in [9.17, 15) is 9.59 Å². The van der Waals surface area contributed by atoms with Gasteiger partial charge in [0, 0.05) is 30.5 Å². The summed E-state index contributed by atoms with van der Waals surface area (Å²) in [5.41, 5.74) is 3.20. The highest BCUT2D eigenvalue weighted by atomic mass is 16.2. The van der Waals surface area contributed by atoms with Crippen LogP contribution in [0.1, 0.15) is 23.9 Å². The molecule has 1 atom stereocenters. The van der Waals surface area contributed by atoms with Crippen LogP contribution in [0.15, 0.2) is 42.6 Å². The second-order valence-corrected chi connectivity index (χ2v) is 5.93. The van der Waals surface area contributed by atoms with Crippen molar-refractivity contribution < 1.29 is 9.59 Å². The second-order valence-electron chi connectivity index (χ2n) is 5.93. The summed E-state index contributed by atoms with van der Waals surface area (Å²) < 4.78 is 1.97. The third-order valence-electron chi connectivity index (χ3n) is 4.27. The third kappa shape index (κ3) is 2.36. The summed E-state index contributed by atoms with van der Waals surface area (Å²) in [6, 6.07) is 11.2. The number of rotatable bonds is 2. The van der Waals surface area contributed by atoms with E-state index >= 15 is 0 Å². The average molecular weight is 320 g/mol. The van der Waals surface area contributed by atoms with Gasteiger partial charge in [-0.25, -0.2) is 4.98 Å². The number of benzene rings is 1. The molecule has 6 heteroatoms. The third-order valence-corrected chi connectivity index (χ3v) is 4.27. The fourth-order valence-corrected chi connectivity index (χ4v) is 3.16. The molecule has 0 bridgehead atoms. The molecule has 0 saturated carbocycles. The van der Waals surface area contributed by atoms with Crippen LogP contribution in [0, 0.1) is 6.92 Å². The molecule has 0 aliphatic carbocycles. The maximum absolute atomic E-state index is 12.7. The molecular weight excluding hydrogens is 304 g/mol. The highest BCUT2D eigenvalue weighted by Gasteiger charge is 2.36. The Balaban J connectivity index is 1.72. The van der Waals surface area contributed by atoms with Crippen LogP contribution in [-0.4, -0.2) is 26.2 Å². The summed E-state index contributed by atoms with van der Waals surface area (Å²) in [4.78, 5) is 33.8. The molecule has 0 saturated heterocycles. The average Bonchev–Trinajstić information content (AvgIpc) is 2.92. The van der Waals surface area contributed by atoms with Crippen molar-refractivity contribution in [3.05, 3.63) is 54.1 Å². The minimum Gasteiger partial charge on any atom is -0.326 e. The number of amides is 1. The van der Waals surface area contributed by atoms with Crippen molar-refractivity contribution in [2.75, 3.05) is 5.32 Å². The first-order valence-electron chi connectivity index (χ1n) is 7.85. The van der Waals surface area contributed by atoms with Crippen LogP contribution in [0.2, 0.25) is 0 Å². The van der Waals surface area contributed by atoms with Crippen LogP contribution in [0.4, 0.5) is 5.69 Å². The van der Waals surface area contributed by atoms with Crippen LogP contribution in [-0.2, 0) is 16.1 Å². The molecule has 6 nitrogen and oxygen atoms in total. The van der Waals surface area contributed by atoms with Crippen molar-refractivity contribution in [2.45, 2.75) is 25.8 Å². The standard InChI is InChI=1S/C18H16N4O2/c1-11-10-12(6-8-19-11)20-18(24)16-15(23)7-9-22-14-5-3-2-4-13(14)21-17(16)22/h2-6,8,10,16H,7,9H2,1H3,(H,19,20,24). The van der Waals surface area contributed by atoms with Gasteiger partial charge < -0.3 is 9.88 Å². The van der Waals surface area contributed by atoms with Crippen molar-refractivity contribution >= 4 is 28.4 Å². The summed E-state index contributed by atoms with van der Waals surface area (Å²) in [6.07, 6.45) is 1.96. The van der Waals surface area contributed by atoms with Crippen molar-refractivity contribution in [3.63, 3.8) is 0 Å². The number of imidazole rings is 1. The number of hydrogen-bond donors (Lipinski definition) is 1. The molecule has 2 aromatic heterocycles. The van der Waals surface area contributed by atoms with Gasteiger partial charge in [0.25, 0.3) is 0 Å². The molecule has 0 spiro atoms. The summed E-state index contributed by atoms with van der Waals surface area (Å²) in [5, 5.41) is 2.82. The van der Waals surface area contributed by atoms with Gasteiger partial charge in [-0.05, 0) is 31.2 Å². The van der Waals surface area contributed by atoms with Crippen molar-refractivity contribution in [2.24, 2.45) is 0 Å². The van der Waals surface area contributed by atoms with E-state index < -0.39 is 5.92 Å². The topological polar surface area (TPSA) is 76.9 Å². The lowest BCUT2D eigenvalue weighted by molar-refractivity contribution is -0.128. The molecule has 3 heterocycles. The number of carbonyl (C=O) groups is 2. The van der Waals surface area contributed by atoms with Crippen LogP contribution in [0.3, 0.4) is 0 Å². The number of ketones is 1. The predicted molar refractivity (Wildman–Crippen MR) is 89.7 cm³/mol. The molecule has 1 unspecified atom stereocenters. The zero-order chi connectivity index (χ0) is 16.7. The molecule has 4 rings (SSSR count). The number of para-hydroxylation sites is 2. The Morgan fingerprint density at radius 2 is 2.12 bits per heavy atom. The second kappa shape index (κ2) is 5.56. The Morgan fingerprint density at radius 1 is 1.29 bits per heavy atom. The van der Waals surface area contributed by atoms with E-state index in [1.807, 2.05) is 35.8 Å². The molecule has 24 heavy (non-hydrogen) atoms. The van der Waals surface area contributed by atoms with E-state index in [1.165, 1.54) is 0 Å². The van der Waals surface area contributed by atoms with Crippen molar-refractivity contribution in [1.29, 1.82) is 0 Å². The van der Waals surface area contributed by atoms with Crippen LogP contribution < -0.4 is 5.32 Å². The number of aryl methyl sites for hydroxylation is 2. The van der Waals surface area contributed by atoms with Gasteiger partial charge in [0.15, 0.2) is 11.7 Å². The molecule has 1 aliphatic heterocycles. The van der Waals surface area contributed by atoms with Gasteiger partial charge >= 0.3 is 0 Å². The molecule has 1 amide bonds. The molecule has 1 N–H and O–H groups in total. The Labute approximate surface area is 138 Å². The van der Waals surface area contributed by atoms with Gasteiger partial charge in [-0.1, -0.05) is 12.1 Å². The minimum atomic E-state index is -0.875. The summed E-state index contributed by atoms with van der Waals surface area (Å²) in [6.45, 7) is 2.41. The van der Waals surface area contributed by atoms with Crippen LogP contribution >= 0.6 is 0 Å². The highest BCUT2D eigenvalue weighted by molar-refractivity contribution is 6.12. The lowest BCUT2D eigenvalue weighted by atomic mass is 9.96. The molecule has 0 radical (unpaired) electrons. The molecule has 0 fully saturated rings. The summed E-state index contributed by atoms with van der Waals surface area (Å²) >= 11 is 0. The predicted octanol–water partition coefficient (Wildman–Crippen LogP) is 2.43. The minimum absolute atomic E-state index is 0.0962. The van der Waals surface area contributed by atoms with Gasteiger partial charge in [0.1, 0.15) is 5.82 Å². The molecule has 3 aromatic rings. The number of pyridine rings is 1. The first-order chi connectivity index (χ1) is 11.6. The highest BCUT2D eigenvalue weighted by Crippen LogP contribution is 2.29. The first kappa shape index (κ1) is 14.6. The Bertz CT molecular complexity index is 961. The zero-order valence-electron chi connectivity index (χ0n) is 13.2. The fraction of sp³-hybridized carbons (Fsp3) is 0.222. The number of carbonyl (C=O) groups excluding carboxylic acids is 2. The fourth-order valence-electron chi connectivity index (χ4n) is 3.16. The maximum atomic E-state index is 12.7. The van der Waals surface area contributed by atoms with Gasteiger partial charge in [-0.15, -0.1) is 0 Å². The summed E-state index contributed by atoms with van der Waals surface area (Å²) in [5.74, 6) is -0.793. The smallest absolute Gasteiger partial charge is 0.242 e. The monoisotopic (exact) mass is 320 g/mol. The SMILES string of the molecule is Cc1cc(NC(=O)C2C(=O)CCn3c2nc2ccccc23)ccn1. The van der Waals surface area contributed by atoms with Crippen molar-refractivity contribution in [1.82, 2.24) is 14.5 Å². The Kier molecular flexibility index (Phi) is 3.37. The van der Waals surface area contributed by atoms with Gasteiger partial charge in [0.2, 0.25) is 5.91 Å². The van der Waals surface area contributed by atoms with E-state index in [2.05, 4.69) is 15.3 Å². The van der Waals surface area contributed by atoms with Gasteiger partial charge in [-0.2, -0.15) is 0 Å². The maximum Gasteiger partial charge on any atom is 0.242 e. The van der Waals surface area contributed by atoms with Crippen molar-refractivity contribution in [3.8, 4) is 0 Å². The number of nitrogens with one attached hydrogen (secondary N) is 1. The largest absolute Gasteiger partial charge is 0.326 e. The van der Waals surface area contributed by atoms with Gasteiger partial charge in [0.05, 0.1) is 11.0 Å². The normalized spacial score (nSPS) is 16.9. The Hall–Kier alpha value is -3.02. The first-order valence-corrected chi connectivity index (χ1v) is 7.85. The molecular formula is C18H16N4O2. The molecule has 1 aromatic carbocycles. The van der Waals surface area contributed by atoms with Crippen LogP contribution in [0.5, 0.6) is 0 Å². The number of aromatic nitrogens is 3. The molecule has 1 aliphatic rings. The summed E-state index contributed by atoms with van der Waals surface area (Å²) in [7, 11) is 0. The van der Waals surface area contributed by atoms with E-state index in [4.69, 9.17) is 0 Å². The van der Waals surface area contributed by atoms with Crippen LogP contribution in [0.25, 0.3) is 11.0 Å². The lowest BCUT2D eigenvalue weighted by Gasteiger charge is -2.22. The zero-order valence-corrected chi connectivity index (χ0v) is 13.2. The van der Waals surface area contributed by atoms with E-state index in [1.54, 1.807) is 18.3 Å². The number of hydrogen-bond acceptors (Lipinski definition) is 4. The lowest BCUT2D eigenvalue weighted by Crippen LogP contribution is -2.34. The quantitative estimate of drug-likeness (QED) is 0.736. The van der Waals surface area contributed by atoms with E-state index in [-0.39, 0.29) is 11.7 Å². The number of nitrogens with zero attached hydrogens (tertiary/aromatic N) is 3.